The van der Waals surface area contributed by atoms with Gasteiger partial charge in [0.2, 0.25) is 0 Å². The molecule has 2 rings (SSSR count). The van der Waals surface area contributed by atoms with Crippen molar-refractivity contribution in [1.82, 2.24) is 4.90 Å². The Morgan fingerprint density at radius 2 is 2.00 bits per heavy atom. The second kappa shape index (κ2) is 8.51. The van der Waals surface area contributed by atoms with E-state index in [4.69, 9.17) is 9.47 Å². The molecular weight excluding hydrogens is 278 g/mol. The maximum Gasteiger partial charge on any atom is 0.188 e. The van der Waals surface area contributed by atoms with Crippen molar-refractivity contribution in [1.29, 1.82) is 0 Å². The zero-order chi connectivity index (χ0) is 15.9. The number of hydrogen-bond donors (Lipinski definition) is 1. The minimum absolute atomic E-state index is 0.208. The molecule has 4 heteroatoms. The third-order valence-electron chi connectivity index (χ3n) is 4.54. The van der Waals surface area contributed by atoms with Gasteiger partial charge in [0.05, 0.1) is 6.10 Å². The lowest BCUT2D eigenvalue weighted by molar-refractivity contribution is 0.0456. The molecule has 0 bridgehead atoms. The summed E-state index contributed by atoms with van der Waals surface area (Å²) in [5, 5.41) is 10.6. The highest BCUT2D eigenvalue weighted by Gasteiger charge is 2.32. The van der Waals surface area contributed by atoms with E-state index >= 15 is 0 Å². The molecule has 0 amide bonds. The summed E-state index contributed by atoms with van der Waals surface area (Å²) < 4.78 is 10.5. The number of benzene rings is 1. The molecule has 1 aromatic carbocycles. The first-order chi connectivity index (χ1) is 10.6. The summed E-state index contributed by atoms with van der Waals surface area (Å²) in [7, 11) is 5.80. The first kappa shape index (κ1) is 17.3. The SMILES string of the molecule is COCOc1cccc(C([C@@H]2CCCCC[C@@H]2O)N(C)C)c1. The van der Waals surface area contributed by atoms with Gasteiger partial charge in [-0.2, -0.15) is 0 Å². The summed E-state index contributed by atoms with van der Waals surface area (Å²) in [6, 6.07) is 8.36. The lowest BCUT2D eigenvalue weighted by Crippen LogP contribution is -2.34. The Balaban J connectivity index is 2.23. The summed E-state index contributed by atoms with van der Waals surface area (Å²) in [6.07, 6.45) is 5.33. The monoisotopic (exact) mass is 307 g/mol. The van der Waals surface area contributed by atoms with Gasteiger partial charge in [0.1, 0.15) is 5.75 Å². The van der Waals surface area contributed by atoms with Gasteiger partial charge in [0, 0.05) is 19.1 Å². The van der Waals surface area contributed by atoms with Gasteiger partial charge in [0.15, 0.2) is 6.79 Å². The molecule has 1 N–H and O–H groups in total. The fourth-order valence-electron chi connectivity index (χ4n) is 3.53. The lowest BCUT2D eigenvalue weighted by atomic mass is 9.84. The van der Waals surface area contributed by atoms with Gasteiger partial charge in [-0.1, -0.05) is 31.4 Å². The zero-order valence-corrected chi connectivity index (χ0v) is 14.0. The van der Waals surface area contributed by atoms with Crippen LogP contribution in [-0.2, 0) is 4.74 Å². The highest BCUT2D eigenvalue weighted by molar-refractivity contribution is 5.31. The predicted molar refractivity (Wildman–Crippen MR) is 88.0 cm³/mol. The Hall–Kier alpha value is -1.10. The molecule has 22 heavy (non-hydrogen) atoms. The molecule has 0 heterocycles. The average molecular weight is 307 g/mol. The molecule has 0 aliphatic heterocycles. The van der Waals surface area contributed by atoms with Gasteiger partial charge in [0.25, 0.3) is 0 Å². The number of methoxy groups -OCH3 is 1. The molecule has 0 aromatic heterocycles. The standard InChI is InChI=1S/C18H29NO3/c1-19(2)18(16-10-5-4-6-11-17(16)20)14-8-7-9-15(12-14)22-13-21-3/h7-9,12,16-18,20H,4-6,10-11,13H2,1-3H3/t16-,17+,18?/m1/s1. The van der Waals surface area contributed by atoms with Crippen LogP contribution in [0.2, 0.25) is 0 Å². The van der Waals surface area contributed by atoms with Gasteiger partial charge in [-0.05, 0) is 44.6 Å². The van der Waals surface area contributed by atoms with Crippen LogP contribution in [0.4, 0.5) is 0 Å². The Bertz CT molecular complexity index is 450. The molecule has 1 fully saturated rings. The quantitative estimate of drug-likeness (QED) is 0.647. The van der Waals surface area contributed by atoms with Crippen LogP contribution in [0.1, 0.15) is 43.7 Å². The maximum absolute atomic E-state index is 10.6. The van der Waals surface area contributed by atoms with E-state index in [0.717, 1.165) is 25.0 Å². The van der Waals surface area contributed by atoms with Crippen LogP contribution in [0.5, 0.6) is 5.75 Å². The van der Waals surface area contributed by atoms with Crippen molar-refractivity contribution in [3.63, 3.8) is 0 Å². The van der Waals surface area contributed by atoms with Crippen molar-refractivity contribution in [2.75, 3.05) is 28.0 Å². The van der Waals surface area contributed by atoms with E-state index in [1.54, 1.807) is 7.11 Å². The first-order valence-electron chi connectivity index (χ1n) is 8.19. The van der Waals surface area contributed by atoms with Gasteiger partial charge >= 0.3 is 0 Å². The zero-order valence-electron chi connectivity index (χ0n) is 14.0. The molecule has 1 unspecified atom stereocenters. The number of ether oxygens (including phenoxy) is 2. The number of aliphatic hydroxyl groups excluding tert-OH is 1. The van der Waals surface area contributed by atoms with Crippen LogP contribution in [0.25, 0.3) is 0 Å². The summed E-state index contributed by atoms with van der Waals surface area (Å²) in [5.41, 5.74) is 1.20. The first-order valence-corrected chi connectivity index (χ1v) is 8.19. The fraction of sp³-hybridized carbons (Fsp3) is 0.667. The van der Waals surface area contributed by atoms with Crippen molar-refractivity contribution in [3.05, 3.63) is 29.8 Å². The molecule has 1 aliphatic carbocycles. The van der Waals surface area contributed by atoms with Gasteiger partial charge in [-0.25, -0.2) is 0 Å². The number of aliphatic hydroxyl groups is 1. The normalized spacial score (nSPS) is 24.0. The summed E-state index contributed by atoms with van der Waals surface area (Å²) in [5.74, 6) is 1.09. The molecule has 1 saturated carbocycles. The van der Waals surface area contributed by atoms with Crippen LogP contribution < -0.4 is 4.74 Å². The highest BCUT2D eigenvalue weighted by Crippen LogP contribution is 2.37. The van der Waals surface area contributed by atoms with Crippen LogP contribution in [0, 0.1) is 5.92 Å². The maximum atomic E-state index is 10.6. The van der Waals surface area contributed by atoms with E-state index in [2.05, 4.69) is 31.1 Å². The second-order valence-corrected chi connectivity index (χ2v) is 6.40. The van der Waals surface area contributed by atoms with Gasteiger partial charge in [-0.15, -0.1) is 0 Å². The Morgan fingerprint density at radius 1 is 1.23 bits per heavy atom. The summed E-state index contributed by atoms with van der Waals surface area (Å²) >= 11 is 0. The van der Waals surface area contributed by atoms with Crippen molar-refractivity contribution < 1.29 is 14.6 Å². The molecule has 4 nitrogen and oxygen atoms in total. The molecular formula is C18H29NO3. The largest absolute Gasteiger partial charge is 0.468 e. The van der Waals surface area contributed by atoms with Gasteiger partial charge < -0.3 is 19.5 Å². The minimum atomic E-state index is -0.224. The van der Waals surface area contributed by atoms with Crippen LogP contribution in [0.15, 0.2) is 24.3 Å². The molecule has 1 aromatic rings. The van der Waals surface area contributed by atoms with Crippen molar-refractivity contribution in [2.45, 2.75) is 44.2 Å². The Morgan fingerprint density at radius 3 is 2.73 bits per heavy atom. The molecule has 0 spiro atoms. The molecule has 0 saturated heterocycles. The lowest BCUT2D eigenvalue weighted by Gasteiger charge is -2.35. The Kier molecular flexibility index (Phi) is 6.68. The third kappa shape index (κ3) is 4.45. The van der Waals surface area contributed by atoms with Crippen molar-refractivity contribution >= 4 is 0 Å². The Labute approximate surface area is 134 Å². The number of rotatable bonds is 6. The topological polar surface area (TPSA) is 41.9 Å². The molecule has 0 radical (unpaired) electrons. The molecule has 1 aliphatic rings. The van der Waals surface area contributed by atoms with Crippen LogP contribution in [0.3, 0.4) is 0 Å². The summed E-state index contributed by atoms with van der Waals surface area (Å²) in [4.78, 5) is 2.22. The van der Waals surface area contributed by atoms with E-state index in [-0.39, 0.29) is 24.9 Å². The van der Waals surface area contributed by atoms with Crippen molar-refractivity contribution in [3.8, 4) is 5.75 Å². The van der Waals surface area contributed by atoms with E-state index in [1.807, 2.05) is 12.1 Å². The smallest absolute Gasteiger partial charge is 0.188 e. The van der Waals surface area contributed by atoms with E-state index in [1.165, 1.54) is 18.4 Å². The molecule has 3 atom stereocenters. The second-order valence-electron chi connectivity index (χ2n) is 6.40. The fourth-order valence-corrected chi connectivity index (χ4v) is 3.53. The van der Waals surface area contributed by atoms with E-state index < -0.39 is 0 Å². The summed E-state index contributed by atoms with van der Waals surface area (Å²) in [6.45, 7) is 0.252. The van der Waals surface area contributed by atoms with Gasteiger partial charge in [-0.3, -0.25) is 0 Å². The average Bonchev–Trinajstić information content (AvgIpc) is 2.71. The van der Waals surface area contributed by atoms with Crippen molar-refractivity contribution in [2.24, 2.45) is 5.92 Å². The van der Waals surface area contributed by atoms with E-state index in [0.29, 0.717) is 0 Å². The minimum Gasteiger partial charge on any atom is -0.468 e. The highest BCUT2D eigenvalue weighted by atomic mass is 16.7. The van der Waals surface area contributed by atoms with Crippen LogP contribution in [-0.4, -0.2) is 44.1 Å². The number of nitrogens with zero attached hydrogens (tertiary/aromatic N) is 1. The predicted octanol–water partition coefficient (Wildman–Crippen LogP) is 3.21. The molecule has 124 valence electrons. The van der Waals surface area contributed by atoms with Crippen LogP contribution >= 0.6 is 0 Å². The van der Waals surface area contributed by atoms with E-state index in [9.17, 15) is 5.11 Å². The third-order valence-corrected chi connectivity index (χ3v) is 4.54. The number of hydrogen-bond acceptors (Lipinski definition) is 4.